The van der Waals surface area contributed by atoms with Crippen LogP contribution in [0.4, 0.5) is 0 Å². The topological polar surface area (TPSA) is 44.8 Å². The first-order chi connectivity index (χ1) is 9.87. The molecule has 1 aromatic rings. The minimum absolute atomic E-state index is 0.114. The van der Waals surface area contributed by atoms with Crippen molar-refractivity contribution in [3.05, 3.63) is 47.0 Å². The van der Waals surface area contributed by atoms with Gasteiger partial charge in [-0.2, -0.15) is 0 Å². The fourth-order valence-electron chi connectivity index (χ4n) is 2.15. The van der Waals surface area contributed by atoms with E-state index in [0.29, 0.717) is 19.0 Å². The van der Waals surface area contributed by atoms with Crippen molar-refractivity contribution >= 4 is 13.7 Å². The summed E-state index contributed by atoms with van der Waals surface area (Å²) < 4.78 is 29.4. The van der Waals surface area contributed by atoms with E-state index >= 15 is 0 Å². The third-order valence-electron chi connectivity index (χ3n) is 3.45. The number of para-hydroxylation sites is 1. The van der Waals surface area contributed by atoms with Gasteiger partial charge in [-0.15, -0.1) is 0 Å². The molecule has 4 nitrogen and oxygen atoms in total. The molecule has 112 valence electrons. The minimum atomic E-state index is -3.24. The molecule has 0 amide bonds. The molecule has 1 fully saturated rings. The maximum atomic E-state index is 12.6. The minimum Gasteiger partial charge on any atom is -0.456 e. The molecule has 2 heterocycles. The second-order valence-electron chi connectivity index (χ2n) is 6.21. The van der Waals surface area contributed by atoms with Crippen LogP contribution in [0.1, 0.15) is 26.3 Å². The fourth-order valence-corrected chi connectivity index (χ4v) is 3.98. The summed E-state index contributed by atoms with van der Waals surface area (Å²) >= 11 is 0. The van der Waals surface area contributed by atoms with Gasteiger partial charge in [0, 0.05) is 11.0 Å². The molecule has 0 aromatic heterocycles. The van der Waals surface area contributed by atoms with Crippen LogP contribution >= 0.6 is 7.60 Å². The maximum Gasteiger partial charge on any atom is 0.357 e. The van der Waals surface area contributed by atoms with Crippen LogP contribution in [0, 0.1) is 5.41 Å². The zero-order valence-electron chi connectivity index (χ0n) is 12.5. The SMILES string of the molecule is CC1=Cc2ccccc2O/C1=C\P1(=O)OCC(C)(C)CO1. The Bertz CT molecular complexity index is 659. The summed E-state index contributed by atoms with van der Waals surface area (Å²) in [5.74, 6) is 2.78. The summed E-state index contributed by atoms with van der Waals surface area (Å²) in [6.07, 6.45) is 2.00. The predicted molar refractivity (Wildman–Crippen MR) is 82.1 cm³/mol. The van der Waals surface area contributed by atoms with Crippen molar-refractivity contribution in [3.8, 4) is 5.75 Å². The number of benzene rings is 1. The first-order valence-electron chi connectivity index (χ1n) is 6.94. The lowest BCUT2D eigenvalue weighted by atomic mass is 9.97. The first kappa shape index (κ1) is 14.6. The van der Waals surface area contributed by atoms with E-state index < -0.39 is 7.60 Å². The van der Waals surface area contributed by atoms with Crippen molar-refractivity contribution in [2.75, 3.05) is 13.2 Å². The quantitative estimate of drug-likeness (QED) is 0.712. The molecule has 2 aliphatic heterocycles. The van der Waals surface area contributed by atoms with Gasteiger partial charge in [-0.05, 0) is 24.6 Å². The zero-order valence-corrected chi connectivity index (χ0v) is 13.4. The van der Waals surface area contributed by atoms with E-state index in [1.54, 1.807) is 0 Å². The fraction of sp³-hybridized carbons (Fsp3) is 0.375. The number of fused-ring (bicyclic) bond motifs is 1. The molecule has 0 bridgehead atoms. The van der Waals surface area contributed by atoms with Crippen LogP contribution in [0.25, 0.3) is 6.08 Å². The van der Waals surface area contributed by atoms with Crippen LogP contribution < -0.4 is 4.74 Å². The van der Waals surface area contributed by atoms with Gasteiger partial charge in [-0.3, -0.25) is 4.57 Å². The van der Waals surface area contributed by atoms with Gasteiger partial charge < -0.3 is 13.8 Å². The normalized spacial score (nSPS) is 24.9. The van der Waals surface area contributed by atoms with E-state index in [1.165, 1.54) is 5.82 Å². The number of ether oxygens (including phenoxy) is 1. The van der Waals surface area contributed by atoms with E-state index in [2.05, 4.69) is 0 Å². The van der Waals surface area contributed by atoms with E-state index in [4.69, 9.17) is 13.8 Å². The van der Waals surface area contributed by atoms with Gasteiger partial charge in [0.25, 0.3) is 0 Å². The standard InChI is InChI=1S/C16H19O4P/c1-12-8-13-6-4-5-7-14(13)20-15(12)9-21(17)18-10-16(2,3)11-19-21/h4-9H,10-11H2,1-3H3/b15-9-. The molecule has 0 unspecified atom stereocenters. The third kappa shape index (κ3) is 3.13. The third-order valence-corrected chi connectivity index (χ3v) is 4.97. The molecule has 0 atom stereocenters. The molecule has 0 radical (unpaired) electrons. The number of allylic oxidation sites excluding steroid dienone is 1. The van der Waals surface area contributed by atoms with E-state index in [0.717, 1.165) is 16.9 Å². The monoisotopic (exact) mass is 306 g/mol. The van der Waals surface area contributed by atoms with Gasteiger partial charge in [0.1, 0.15) is 11.5 Å². The number of rotatable bonds is 1. The summed E-state index contributed by atoms with van der Waals surface area (Å²) in [6, 6.07) is 7.73. The van der Waals surface area contributed by atoms with Crippen LogP contribution in [0.2, 0.25) is 0 Å². The molecule has 0 aliphatic carbocycles. The number of hydrogen-bond acceptors (Lipinski definition) is 4. The van der Waals surface area contributed by atoms with Crippen LogP contribution in [0.15, 0.2) is 41.4 Å². The molecular formula is C16H19O4P. The smallest absolute Gasteiger partial charge is 0.357 e. The van der Waals surface area contributed by atoms with Crippen molar-refractivity contribution in [2.45, 2.75) is 20.8 Å². The molecule has 21 heavy (non-hydrogen) atoms. The van der Waals surface area contributed by atoms with Gasteiger partial charge in [0.05, 0.1) is 19.0 Å². The zero-order chi connectivity index (χ0) is 15.1. The molecular weight excluding hydrogens is 287 g/mol. The average Bonchev–Trinajstić information content (AvgIpc) is 2.44. The molecule has 1 saturated heterocycles. The lowest BCUT2D eigenvalue weighted by Crippen LogP contribution is -2.29. The highest BCUT2D eigenvalue weighted by atomic mass is 31.2. The average molecular weight is 306 g/mol. The second kappa shape index (κ2) is 5.13. The molecule has 2 aliphatic rings. The number of hydrogen-bond donors (Lipinski definition) is 0. The van der Waals surface area contributed by atoms with E-state index in [-0.39, 0.29) is 5.41 Å². The second-order valence-corrected chi connectivity index (χ2v) is 8.07. The van der Waals surface area contributed by atoms with Gasteiger partial charge in [-0.1, -0.05) is 32.0 Å². The van der Waals surface area contributed by atoms with Crippen molar-refractivity contribution in [1.29, 1.82) is 0 Å². The Morgan fingerprint density at radius 2 is 1.86 bits per heavy atom. The Labute approximate surface area is 124 Å². The Kier molecular flexibility index (Phi) is 3.56. The lowest BCUT2D eigenvalue weighted by molar-refractivity contribution is 0.0455. The van der Waals surface area contributed by atoms with E-state index in [9.17, 15) is 4.57 Å². The maximum absolute atomic E-state index is 12.6. The van der Waals surface area contributed by atoms with Gasteiger partial charge in [0.15, 0.2) is 0 Å². The molecule has 0 N–H and O–H groups in total. The first-order valence-corrected chi connectivity index (χ1v) is 8.55. The molecule has 0 spiro atoms. The van der Waals surface area contributed by atoms with Crippen LogP contribution in [-0.4, -0.2) is 13.2 Å². The van der Waals surface area contributed by atoms with Crippen molar-refractivity contribution in [2.24, 2.45) is 5.41 Å². The molecule has 0 saturated carbocycles. The molecule has 5 heteroatoms. The van der Waals surface area contributed by atoms with E-state index in [1.807, 2.05) is 51.1 Å². The highest BCUT2D eigenvalue weighted by molar-refractivity contribution is 7.57. The highest BCUT2D eigenvalue weighted by Gasteiger charge is 2.36. The lowest BCUT2D eigenvalue weighted by Gasteiger charge is -2.33. The van der Waals surface area contributed by atoms with Crippen LogP contribution in [0.3, 0.4) is 0 Å². The Balaban J connectivity index is 1.87. The highest BCUT2D eigenvalue weighted by Crippen LogP contribution is 2.56. The Morgan fingerprint density at radius 3 is 2.57 bits per heavy atom. The molecule has 3 rings (SSSR count). The summed E-state index contributed by atoms with van der Waals surface area (Å²) in [7, 11) is -3.24. The summed E-state index contributed by atoms with van der Waals surface area (Å²) in [4.78, 5) is 0. The Hall–Kier alpha value is -1.35. The van der Waals surface area contributed by atoms with Crippen molar-refractivity contribution < 1.29 is 18.3 Å². The summed E-state index contributed by atoms with van der Waals surface area (Å²) in [5, 5.41) is 0. The van der Waals surface area contributed by atoms with Crippen LogP contribution in [-0.2, 0) is 13.6 Å². The van der Waals surface area contributed by atoms with Gasteiger partial charge in [0.2, 0.25) is 0 Å². The van der Waals surface area contributed by atoms with Gasteiger partial charge in [-0.25, -0.2) is 0 Å². The van der Waals surface area contributed by atoms with Crippen molar-refractivity contribution in [1.82, 2.24) is 0 Å². The van der Waals surface area contributed by atoms with Crippen molar-refractivity contribution in [3.63, 3.8) is 0 Å². The summed E-state index contributed by atoms with van der Waals surface area (Å²) in [6.45, 7) is 6.77. The largest absolute Gasteiger partial charge is 0.456 e. The van der Waals surface area contributed by atoms with Gasteiger partial charge >= 0.3 is 7.60 Å². The van der Waals surface area contributed by atoms with Crippen LogP contribution in [0.5, 0.6) is 5.75 Å². The predicted octanol–water partition coefficient (Wildman–Crippen LogP) is 4.59. The summed E-state index contributed by atoms with van der Waals surface area (Å²) in [5.41, 5.74) is 1.80. The Morgan fingerprint density at radius 1 is 1.19 bits per heavy atom. The molecule has 1 aromatic carbocycles.